The van der Waals surface area contributed by atoms with Crippen LogP contribution in [0.4, 0.5) is 13.9 Å². The van der Waals surface area contributed by atoms with Crippen molar-refractivity contribution in [1.29, 1.82) is 0 Å². The van der Waals surface area contributed by atoms with Crippen LogP contribution >= 0.6 is 22.9 Å². The Balaban J connectivity index is 1.43. The van der Waals surface area contributed by atoms with Crippen molar-refractivity contribution in [3.63, 3.8) is 0 Å². The van der Waals surface area contributed by atoms with Gasteiger partial charge in [0.1, 0.15) is 11.4 Å². The second kappa shape index (κ2) is 8.60. The standard InChI is InChI=1S/C20H13ClF2N4O2S/c21-13-5-1-11(2-6-13)15-9-16(27-26-15)18(28)25-20-24-17(10-30-20)12-3-7-14(8-4-12)29-19(22)23/h1-10,19H,(H,26,27)(H,24,25,28). The highest BCUT2D eigenvalue weighted by molar-refractivity contribution is 7.14. The number of aromatic amines is 1. The van der Waals surface area contributed by atoms with Crippen LogP contribution in [0, 0.1) is 0 Å². The number of benzene rings is 2. The van der Waals surface area contributed by atoms with Crippen LogP contribution in [0.25, 0.3) is 22.5 Å². The van der Waals surface area contributed by atoms with Gasteiger partial charge < -0.3 is 4.74 Å². The van der Waals surface area contributed by atoms with Crippen molar-refractivity contribution < 1.29 is 18.3 Å². The quantitative estimate of drug-likeness (QED) is 0.397. The fourth-order valence-electron chi connectivity index (χ4n) is 2.64. The predicted molar refractivity (Wildman–Crippen MR) is 111 cm³/mol. The van der Waals surface area contributed by atoms with Crippen molar-refractivity contribution in [2.45, 2.75) is 6.61 Å². The number of nitrogens with zero attached hydrogens (tertiary/aromatic N) is 2. The van der Waals surface area contributed by atoms with Crippen LogP contribution in [0.1, 0.15) is 10.5 Å². The van der Waals surface area contributed by atoms with E-state index < -0.39 is 6.61 Å². The second-order valence-electron chi connectivity index (χ2n) is 6.07. The monoisotopic (exact) mass is 446 g/mol. The molecule has 0 fully saturated rings. The van der Waals surface area contributed by atoms with Crippen LogP contribution in [0.2, 0.25) is 5.02 Å². The molecule has 6 nitrogen and oxygen atoms in total. The highest BCUT2D eigenvalue weighted by atomic mass is 35.5. The maximum atomic E-state index is 12.5. The number of anilines is 1. The van der Waals surface area contributed by atoms with Gasteiger partial charge >= 0.3 is 6.61 Å². The Morgan fingerprint density at radius 2 is 1.73 bits per heavy atom. The summed E-state index contributed by atoms with van der Waals surface area (Å²) < 4.78 is 28.8. The maximum Gasteiger partial charge on any atom is 0.387 e. The third-order valence-electron chi connectivity index (χ3n) is 4.06. The summed E-state index contributed by atoms with van der Waals surface area (Å²) in [6, 6.07) is 14.8. The number of ether oxygens (including phenoxy) is 1. The van der Waals surface area contributed by atoms with E-state index in [1.807, 2.05) is 12.1 Å². The molecule has 0 saturated carbocycles. The predicted octanol–water partition coefficient (Wildman–Crippen LogP) is 5.71. The van der Waals surface area contributed by atoms with Crippen LogP contribution in [0.15, 0.2) is 60.0 Å². The van der Waals surface area contributed by atoms with E-state index in [-0.39, 0.29) is 17.4 Å². The molecule has 0 atom stereocenters. The first-order chi connectivity index (χ1) is 14.5. The molecule has 0 radical (unpaired) electrons. The summed E-state index contributed by atoms with van der Waals surface area (Å²) in [5.74, 6) is -0.322. The van der Waals surface area contributed by atoms with Crippen molar-refractivity contribution in [1.82, 2.24) is 15.2 Å². The molecule has 10 heteroatoms. The summed E-state index contributed by atoms with van der Waals surface area (Å²) >= 11 is 7.13. The van der Waals surface area contributed by atoms with E-state index >= 15 is 0 Å². The zero-order valence-electron chi connectivity index (χ0n) is 15.1. The Labute approximate surface area is 178 Å². The van der Waals surface area contributed by atoms with E-state index in [1.54, 1.807) is 35.7 Å². The number of aromatic nitrogens is 3. The zero-order chi connectivity index (χ0) is 21.1. The lowest BCUT2D eigenvalue weighted by atomic mass is 10.1. The third kappa shape index (κ3) is 4.64. The van der Waals surface area contributed by atoms with Gasteiger partial charge in [0.05, 0.1) is 11.4 Å². The van der Waals surface area contributed by atoms with Crippen LogP contribution in [-0.2, 0) is 0 Å². The Morgan fingerprint density at radius 1 is 1.07 bits per heavy atom. The first-order valence-electron chi connectivity index (χ1n) is 8.61. The van der Waals surface area contributed by atoms with E-state index in [2.05, 4.69) is 25.2 Å². The smallest absolute Gasteiger partial charge is 0.387 e. The lowest BCUT2D eigenvalue weighted by Crippen LogP contribution is -2.12. The summed E-state index contributed by atoms with van der Waals surface area (Å²) in [5.41, 5.74) is 3.03. The fourth-order valence-corrected chi connectivity index (χ4v) is 3.48. The minimum absolute atomic E-state index is 0.0632. The number of halogens is 3. The number of hydrogen-bond acceptors (Lipinski definition) is 5. The van der Waals surface area contributed by atoms with E-state index in [0.29, 0.717) is 27.1 Å². The first kappa shape index (κ1) is 20.0. The van der Waals surface area contributed by atoms with E-state index in [4.69, 9.17) is 11.6 Å². The van der Waals surface area contributed by atoms with Gasteiger partial charge in [-0.25, -0.2) is 4.98 Å². The second-order valence-corrected chi connectivity index (χ2v) is 7.36. The van der Waals surface area contributed by atoms with Crippen LogP contribution in [-0.4, -0.2) is 27.7 Å². The highest BCUT2D eigenvalue weighted by Crippen LogP contribution is 2.27. The molecule has 4 aromatic rings. The van der Waals surface area contributed by atoms with Crippen LogP contribution < -0.4 is 10.1 Å². The summed E-state index contributed by atoms with van der Waals surface area (Å²) in [4.78, 5) is 16.8. The van der Waals surface area contributed by atoms with Crippen molar-refractivity contribution in [2.75, 3.05) is 5.32 Å². The summed E-state index contributed by atoms with van der Waals surface area (Å²) in [6.07, 6.45) is 0. The molecule has 152 valence electrons. The van der Waals surface area contributed by atoms with Gasteiger partial charge in [-0.1, -0.05) is 23.7 Å². The van der Waals surface area contributed by atoms with E-state index in [1.165, 1.54) is 23.5 Å². The molecule has 0 aliphatic carbocycles. The lowest BCUT2D eigenvalue weighted by Gasteiger charge is -2.04. The van der Waals surface area contributed by atoms with Gasteiger partial charge in [-0.3, -0.25) is 15.2 Å². The van der Waals surface area contributed by atoms with Gasteiger partial charge in [0, 0.05) is 21.5 Å². The van der Waals surface area contributed by atoms with Crippen LogP contribution in [0.5, 0.6) is 5.75 Å². The summed E-state index contributed by atoms with van der Waals surface area (Å²) in [5, 5.41) is 12.3. The molecule has 0 aliphatic heterocycles. The number of alkyl halides is 2. The largest absolute Gasteiger partial charge is 0.435 e. The molecular weight excluding hydrogens is 434 g/mol. The SMILES string of the molecule is O=C(Nc1nc(-c2ccc(OC(F)F)cc2)cs1)c1cc(-c2ccc(Cl)cc2)n[nH]1. The molecular formula is C20H13ClF2N4O2S. The molecule has 30 heavy (non-hydrogen) atoms. The molecule has 2 aromatic carbocycles. The number of nitrogens with one attached hydrogen (secondary N) is 2. The number of hydrogen-bond donors (Lipinski definition) is 2. The van der Waals surface area contributed by atoms with Gasteiger partial charge in [0.2, 0.25) is 0 Å². The molecule has 0 saturated heterocycles. The number of H-pyrrole nitrogens is 1. The van der Waals surface area contributed by atoms with Crippen molar-refractivity contribution in [3.05, 3.63) is 70.7 Å². The number of carbonyl (C=O) groups is 1. The third-order valence-corrected chi connectivity index (χ3v) is 5.07. The maximum absolute atomic E-state index is 12.5. The summed E-state index contributed by atoms with van der Waals surface area (Å²) in [6.45, 7) is -2.88. The molecule has 1 amide bonds. The van der Waals surface area contributed by atoms with Crippen molar-refractivity contribution >= 4 is 34.0 Å². The normalized spacial score (nSPS) is 10.9. The number of amides is 1. The van der Waals surface area contributed by atoms with Crippen molar-refractivity contribution in [2.24, 2.45) is 0 Å². The van der Waals surface area contributed by atoms with Gasteiger partial charge in [-0.15, -0.1) is 11.3 Å². The molecule has 0 bridgehead atoms. The Morgan fingerprint density at radius 3 is 2.43 bits per heavy atom. The molecule has 2 N–H and O–H groups in total. The minimum atomic E-state index is -2.88. The average molecular weight is 447 g/mol. The molecule has 0 aliphatic rings. The number of rotatable bonds is 6. The molecule has 4 rings (SSSR count). The van der Waals surface area contributed by atoms with Gasteiger partial charge in [-0.05, 0) is 42.5 Å². The lowest BCUT2D eigenvalue weighted by molar-refractivity contribution is -0.0498. The molecule has 0 unspecified atom stereocenters. The molecule has 0 spiro atoms. The van der Waals surface area contributed by atoms with Crippen molar-refractivity contribution in [3.8, 4) is 28.3 Å². The summed E-state index contributed by atoms with van der Waals surface area (Å²) in [7, 11) is 0. The topological polar surface area (TPSA) is 79.9 Å². The molecule has 2 heterocycles. The Kier molecular flexibility index (Phi) is 5.73. The number of thiazole rings is 1. The fraction of sp³-hybridized carbons (Fsp3) is 0.0500. The minimum Gasteiger partial charge on any atom is -0.435 e. The van der Waals surface area contributed by atoms with Gasteiger partial charge in [0.15, 0.2) is 5.13 Å². The highest BCUT2D eigenvalue weighted by Gasteiger charge is 2.14. The Hall–Kier alpha value is -3.30. The zero-order valence-corrected chi connectivity index (χ0v) is 16.7. The Bertz CT molecular complexity index is 1160. The molecule has 2 aromatic heterocycles. The van der Waals surface area contributed by atoms with E-state index in [0.717, 1.165) is 5.56 Å². The van der Waals surface area contributed by atoms with E-state index in [9.17, 15) is 13.6 Å². The average Bonchev–Trinajstić information content (AvgIpc) is 3.39. The van der Waals surface area contributed by atoms with Crippen LogP contribution in [0.3, 0.4) is 0 Å². The number of carbonyl (C=O) groups excluding carboxylic acids is 1. The van der Waals surface area contributed by atoms with Gasteiger partial charge in [0.25, 0.3) is 5.91 Å². The first-order valence-corrected chi connectivity index (χ1v) is 9.87. The van der Waals surface area contributed by atoms with Gasteiger partial charge in [-0.2, -0.15) is 13.9 Å².